The summed E-state index contributed by atoms with van der Waals surface area (Å²) in [5, 5.41) is 16.4. The number of rotatable bonds is 3. The van der Waals surface area contributed by atoms with Crippen molar-refractivity contribution in [1.29, 1.82) is 5.26 Å². The van der Waals surface area contributed by atoms with Gasteiger partial charge >= 0.3 is 0 Å². The Hall–Kier alpha value is -9.21. The van der Waals surface area contributed by atoms with Gasteiger partial charge in [-0.05, 0) is 125 Å². The molecule has 15 rings (SSSR count). The topological polar surface area (TPSA) is 68.7 Å². The van der Waals surface area contributed by atoms with E-state index in [0.717, 1.165) is 99.6 Å². The summed E-state index contributed by atoms with van der Waals surface area (Å²) in [6.07, 6.45) is 3.87. The van der Waals surface area contributed by atoms with Gasteiger partial charge in [0.15, 0.2) is 5.69 Å². The van der Waals surface area contributed by atoms with Crippen molar-refractivity contribution in [2.24, 2.45) is 0 Å². The van der Waals surface area contributed by atoms with Gasteiger partial charge in [0.25, 0.3) is 0 Å². The van der Waals surface area contributed by atoms with Crippen molar-refractivity contribution in [2.45, 2.75) is 15.2 Å². The summed E-state index contributed by atoms with van der Waals surface area (Å²) >= 11 is 1.82. The van der Waals surface area contributed by atoms with Gasteiger partial charge in [-0.2, -0.15) is 5.26 Å². The Kier molecular flexibility index (Phi) is 7.65. The Morgan fingerprint density at radius 1 is 0.449 bits per heavy atom. The van der Waals surface area contributed by atoms with E-state index in [1.807, 2.05) is 48.4 Å². The lowest BCUT2D eigenvalue weighted by atomic mass is 9.67. The lowest BCUT2D eigenvalue weighted by molar-refractivity contribution is 0.717. The van der Waals surface area contributed by atoms with Crippen LogP contribution in [0.25, 0.3) is 98.7 Å². The highest BCUT2D eigenvalue weighted by Crippen LogP contribution is 2.62. The van der Waals surface area contributed by atoms with Crippen LogP contribution in [0.15, 0.2) is 210 Å². The van der Waals surface area contributed by atoms with Crippen LogP contribution in [0.3, 0.4) is 0 Å². The normalized spacial score (nSPS) is 14.6. The first-order valence-corrected chi connectivity index (χ1v) is 23.7. The van der Waals surface area contributed by atoms with E-state index in [0.29, 0.717) is 11.3 Å². The smallest absolute Gasteiger partial charge is 0.188 e. The summed E-state index contributed by atoms with van der Waals surface area (Å²) in [6.45, 7) is 7.80. The minimum absolute atomic E-state index is 0.615. The number of nitrogens with zero attached hydrogens (tertiary/aromatic N) is 7. The van der Waals surface area contributed by atoms with Crippen LogP contribution >= 0.6 is 11.8 Å². The molecule has 1 aliphatic heterocycles. The van der Waals surface area contributed by atoms with Crippen LogP contribution in [0.2, 0.25) is 0 Å². The molecule has 0 amide bonds. The van der Waals surface area contributed by atoms with Crippen LogP contribution in [0, 0.1) is 17.9 Å². The summed E-state index contributed by atoms with van der Waals surface area (Å²) in [4.78, 5) is 16.7. The number of pyridine rings is 2. The van der Waals surface area contributed by atoms with Gasteiger partial charge < -0.3 is 13.7 Å². The molecule has 8 heteroatoms. The Labute approximate surface area is 399 Å². The van der Waals surface area contributed by atoms with Crippen molar-refractivity contribution >= 4 is 82.9 Å². The lowest BCUT2D eigenvalue weighted by Gasteiger charge is -2.39. The zero-order valence-electron chi connectivity index (χ0n) is 36.6. The first kappa shape index (κ1) is 38.0. The van der Waals surface area contributed by atoms with Gasteiger partial charge in [0.1, 0.15) is 0 Å². The molecule has 0 N–H and O–H groups in total. The monoisotopic (exact) mass is 895 g/mol. The summed E-state index contributed by atoms with van der Waals surface area (Å²) in [5.41, 5.74) is 16.4. The Bertz CT molecular complexity index is 4520. The van der Waals surface area contributed by atoms with Gasteiger partial charge in [0.2, 0.25) is 0 Å². The molecule has 1 aliphatic carbocycles. The number of aromatic nitrogens is 5. The van der Waals surface area contributed by atoms with Crippen molar-refractivity contribution in [1.82, 2.24) is 23.7 Å². The molecule has 7 nitrogen and oxygen atoms in total. The molecule has 318 valence electrons. The molecule has 0 fully saturated rings. The number of benzene rings is 8. The van der Waals surface area contributed by atoms with Gasteiger partial charge in [-0.25, -0.2) is 4.85 Å². The second-order valence-corrected chi connectivity index (χ2v) is 19.0. The molecule has 0 bridgehead atoms. The minimum Gasteiger partial charge on any atom is -0.309 e. The summed E-state index contributed by atoms with van der Waals surface area (Å²) < 4.78 is 7.04. The second kappa shape index (κ2) is 13.9. The largest absolute Gasteiger partial charge is 0.309 e. The average molecular weight is 896 g/mol. The number of nitriles is 1. The molecular formula is C61H33N7S. The predicted octanol–water partition coefficient (Wildman–Crippen LogP) is 15.0. The first-order chi connectivity index (χ1) is 34.1. The molecule has 69 heavy (non-hydrogen) atoms. The lowest BCUT2D eigenvalue weighted by Crippen LogP contribution is -2.32. The Morgan fingerprint density at radius 3 is 1.71 bits per heavy atom. The van der Waals surface area contributed by atoms with Crippen LogP contribution in [0.1, 0.15) is 27.8 Å². The average Bonchev–Trinajstić information content (AvgIpc) is 4.12. The predicted molar refractivity (Wildman–Crippen MR) is 277 cm³/mol. The highest BCUT2D eigenvalue weighted by atomic mass is 32.2. The molecular weight excluding hydrogens is 863 g/mol. The Balaban J connectivity index is 0.981. The van der Waals surface area contributed by atoms with Gasteiger partial charge in [-0.3, -0.25) is 9.97 Å². The van der Waals surface area contributed by atoms with E-state index in [1.165, 1.54) is 26.3 Å². The molecule has 5 aromatic heterocycles. The fraction of sp³-hybridized carbons (Fsp3) is 0.0164. The molecule has 2 aliphatic rings. The summed E-state index contributed by atoms with van der Waals surface area (Å²) in [7, 11) is 0. The first-order valence-electron chi connectivity index (χ1n) is 22.9. The van der Waals surface area contributed by atoms with Crippen LogP contribution in [-0.4, -0.2) is 23.7 Å². The maximum Gasteiger partial charge on any atom is 0.188 e. The van der Waals surface area contributed by atoms with Crippen molar-refractivity contribution in [2.75, 3.05) is 0 Å². The number of fused-ring (bicyclic) bond motifs is 18. The number of hydrogen-bond acceptors (Lipinski definition) is 4. The minimum atomic E-state index is -0.751. The quantitative estimate of drug-likeness (QED) is 0.166. The highest BCUT2D eigenvalue weighted by molar-refractivity contribution is 7.99. The SMILES string of the molecule is [C-]#[N+]c1ccc2c(c1)c1ccccc1n2-c1cnc2c(c1)C1(c3ccccc3Sc3ccc(-n4c5ccccc5c5cc(-n6c7ccccc7c7cc(C#N)ccc76)ccc54)cc31)c1cccnc1-2. The van der Waals surface area contributed by atoms with Crippen LogP contribution in [0.4, 0.5) is 5.69 Å². The van der Waals surface area contributed by atoms with Gasteiger partial charge in [-0.15, -0.1) is 0 Å². The van der Waals surface area contributed by atoms with E-state index in [-0.39, 0.29) is 0 Å². The number of para-hydroxylation sites is 3. The van der Waals surface area contributed by atoms with Gasteiger partial charge in [0.05, 0.1) is 80.0 Å². The van der Waals surface area contributed by atoms with Crippen LogP contribution in [-0.2, 0) is 5.41 Å². The van der Waals surface area contributed by atoms with E-state index in [9.17, 15) is 5.26 Å². The molecule has 13 aromatic rings. The zero-order valence-corrected chi connectivity index (χ0v) is 37.4. The van der Waals surface area contributed by atoms with Crippen molar-refractivity contribution < 1.29 is 0 Å². The van der Waals surface area contributed by atoms with Crippen molar-refractivity contribution in [3.05, 3.63) is 240 Å². The third-order valence-corrected chi connectivity index (χ3v) is 15.8. The van der Waals surface area contributed by atoms with E-state index in [4.69, 9.17) is 16.5 Å². The fourth-order valence-corrected chi connectivity index (χ4v) is 13.0. The highest BCUT2D eigenvalue weighted by Gasteiger charge is 2.52. The van der Waals surface area contributed by atoms with Crippen LogP contribution < -0.4 is 0 Å². The van der Waals surface area contributed by atoms with Gasteiger partial charge in [-0.1, -0.05) is 96.7 Å². The summed E-state index contributed by atoms with van der Waals surface area (Å²) in [6, 6.07) is 69.2. The van der Waals surface area contributed by atoms with E-state index in [2.05, 4.69) is 188 Å². The molecule has 0 saturated heterocycles. The summed E-state index contributed by atoms with van der Waals surface area (Å²) in [5.74, 6) is 0. The molecule has 6 heterocycles. The maximum atomic E-state index is 9.81. The van der Waals surface area contributed by atoms with E-state index in [1.54, 1.807) is 0 Å². The van der Waals surface area contributed by atoms with Crippen molar-refractivity contribution in [3.63, 3.8) is 0 Å². The molecule has 1 atom stereocenters. The standard InChI is InChI=1S/C61H33N7S/c1-63-37-21-25-55-45(30-37)42-12-3-8-18-53(42)68(55)40-33-50-60(65-35-40)59-48(15-10-28-64-59)61(50)47-14-5-9-19-57(47)69-58-27-23-39(32-49(58)61)67-52-17-7-4-13-43(52)46-31-38(22-26-56(46)67)66-51-16-6-2-11-41(51)44-29-36(34-62)20-24-54(44)66/h2-33,35H. The molecule has 0 radical (unpaired) electrons. The maximum absolute atomic E-state index is 9.81. The third kappa shape index (κ3) is 5.00. The van der Waals surface area contributed by atoms with Crippen LogP contribution in [0.5, 0.6) is 0 Å². The molecule has 1 spiro atoms. The van der Waals surface area contributed by atoms with Gasteiger partial charge in [0, 0.05) is 59.9 Å². The van der Waals surface area contributed by atoms with E-state index >= 15 is 0 Å². The molecule has 1 unspecified atom stereocenters. The zero-order chi connectivity index (χ0) is 45.5. The van der Waals surface area contributed by atoms with Crippen molar-refractivity contribution in [3.8, 4) is 34.5 Å². The third-order valence-electron chi connectivity index (χ3n) is 14.6. The fourth-order valence-electron chi connectivity index (χ4n) is 11.8. The Morgan fingerprint density at radius 2 is 0.986 bits per heavy atom. The van der Waals surface area contributed by atoms with E-state index < -0.39 is 5.41 Å². The second-order valence-electron chi connectivity index (χ2n) is 17.9. The molecule has 0 saturated carbocycles. The molecule has 8 aromatic carbocycles. The number of hydrogen-bond donors (Lipinski definition) is 0.